The molecule has 0 aliphatic carbocycles. The van der Waals surface area contributed by atoms with Crippen molar-refractivity contribution in [3.05, 3.63) is 163 Å². The molecule has 0 fully saturated rings. The van der Waals surface area contributed by atoms with Crippen LogP contribution in [-0.2, 0) is 25.7 Å². The highest BCUT2D eigenvalue weighted by atomic mass is 32.1. The number of hydrogen-bond donors (Lipinski definition) is 0. The molecular formula is C68H76N2S5. The van der Waals surface area contributed by atoms with Crippen molar-refractivity contribution >= 4 is 92.4 Å². The van der Waals surface area contributed by atoms with Gasteiger partial charge in [0.1, 0.15) is 11.0 Å². The summed E-state index contributed by atoms with van der Waals surface area (Å²) in [5.74, 6) is 0. The van der Waals surface area contributed by atoms with Gasteiger partial charge in [0, 0.05) is 50.1 Å². The van der Waals surface area contributed by atoms with Crippen LogP contribution in [0.2, 0.25) is 0 Å². The molecule has 0 aliphatic rings. The summed E-state index contributed by atoms with van der Waals surface area (Å²) < 4.78 is 10.1. The van der Waals surface area contributed by atoms with Gasteiger partial charge in [0.25, 0.3) is 0 Å². The van der Waals surface area contributed by atoms with Gasteiger partial charge in [-0.3, -0.25) is 0 Å². The number of benzene rings is 4. The normalized spacial score (nSPS) is 11.9. The van der Waals surface area contributed by atoms with Gasteiger partial charge in [0.15, 0.2) is 0 Å². The summed E-state index contributed by atoms with van der Waals surface area (Å²) in [4.78, 5) is 10.8. The molecule has 9 aromatic rings. The topological polar surface area (TPSA) is 25.8 Å². The third-order valence-electron chi connectivity index (χ3n) is 14.6. The summed E-state index contributed by atoms with van der Waals surface area (Å²) in [5, 5.41) is 0. The van der Waals surface area contributed by atoms with Crippen LogP contribution in [-0.4, -0.2) is 8.75 Å². The van der Waals surface area contributed by atoms with E-state index in [1.807, 2.05) is 45.3 Å². The Labute approximate surface area is 469 Å². The fourth-order valence-corrected chi connectivity index (χ4v) is 15.4. The van der Waals surface area contributed by atoms with Crippen molar-refractivity contribution in [3.63, 3.8) is 0 Å². The first-order valence-corrected chi connectivity index (χ1v) is 32.4. The van der Waals surface area contributed by atoms with E-state index in [1.165, 1.54) is 209 Å². The SMILES string of the molecule is CCCCCCc1cc(-c2ccccc2)sc1/C=C/c1sc(-c2ccc(-c3cc(CCCCCC)c(/C=C/c4sc(-c5cccc(-c6ccccc6)c5)cc4CCCCCC)s3)c3nsnc23)cc1CCCCCC. The molecule has 2 nitrogen and oxygen atoms in total. The van der Waals surface area contributed by atoms with E-state index in [1.54, 1.807) is 0 Å². The lowest BCUT2D eigenvalue weighted by Crippen LogP contribution is -1.87. The van der Waals surface area contributed by atoms with Crippen LogP contribution >= 0.6 is 57.1 Å². The van der Waals surface area contributed by atoms with Crippen molar-refractivity contribution in [2.24, 2.45) is 0 Å². The van der Waals surface area contributed by atoms with Crippen molar-refractivity contribution in [1.29, 1.82) is 0 Å². The molecule has 7 heteroatoms. The number of unbranched alkanes of at least 4 members (excludes halogenated alkanes) is 12. The molecule has 388 valence electrons. The maximum Gasteiger partial charge on any atom is 0.114 e. The predicted molar refractivity (Wildman–Crippen MR) is 338 cm³/mol. The monoisotopic (exact) mass is 1080 g/mol. The second kappa shape index (κ2) is 28.4. The second-order valence-electron chi connectivity index (χ2n) is 20.3. The van der Waals surface area contributed by atoms with Crippen LogP contribution < -0.4 is 0 Å². The maximum atomic E-state index is 5.07. The molecule has 0 atom stereocenters. The van der Waals surface area contributed by atoms with E-state index in [9.17, 15) is 0 Å². The highest BCUT2D eigenvalue weighted by Crippen LogP contribution is 2.44. The van der Waals surface area contributed by atoms with Crippen LogP contribution in [0.1, 0.15) is 172 Å². The molecule has 75 heavy (non-hydrogen) atoms. The zero-order chi connectivity index (χ0) is 51.6. The zero-order valence-corrected chi connectivity index (χ0v) is 49.0. The summed E-state index contributed by atoms with van der Waals surface area (Å²) in [5.41, 5.74) is 15.5. The maximum absolute atomic E-state index is 5.07. The Morgan fingerprint density at radius 3 is 1.08 bits per heavy atom. The van der Waals surface area contributed by atoms with Crippen LogP contribution in [0.4, 0.5) is 0 Å². The van der Waals surface area contributed by atoms with Gasteiger partial charge in [0.05, 0.1) is 11.7 Å². The molecule has 5 heterocycles. The number of aromatic nitrogens is 2. The van der Waals surface area contributed by atoms with Crippen LogP contribution in [0.15, 0.2) is 121 Å². The Kier molecular flexibility index (Phi) is 20.7. The van der Waals surface area contributed by atoms with Gasteiger partial charge in [-0.25, -0.2) is 0 Å². The van der Waals surface area contributed by atoms with Gasteiger partial charge in [-0.1, -0.05) is 196 Å². The molecular weight excluding hydrogens is 1010 g/mol. The fraction of sp³-hybridized carbons (Fsp3) is 0.353. The summed E-state index contributed by atoms with van der Waals surface area (Å²) in [6, 6.07) is 45.4. The highest BCUT2D eigenvalue weighted by Gasteiger charge is 2.20. The largest absolute Gasteiger partial charge is 0.172 e. The van der Waals surface area contributed by atoms with Crippen molar-refractivity contribution < 1.29 is 0 Å². The van der Waals surface area contributed by atoms with Gasteiger partial charge in [-0.05, 0) is 151 Å². The molecule has 0 bridgehead atoms. The Balaban J connectivity index is 1.03. The zero-order valence-electron chi connectivity index (χ0n) is 44.9. The van der Waals surface area contributed by atoms with Crippen LogP contribution in [0.5, 0.6) is 0 Å². The summed E-state index contributed by atoms with van der Waals surface area (Å²) in [7, 11) is 0. The molecule has 0 saturated carbocycles. The van der Waals surface area contributed by atoms with Crippen molar-refractivity contribution in [2.75, 3.05) is 0 Å². The summed E-state index contributed by atoms with van der Waals surface area (Å²) >= 11 is 9.11. The number of thiophene rings is 4. The van der Waals surface area contributed by atoms with E-state index in [0.29, 0.717) is 0 Å². The van der Waals surface area contributed by atoms with E-state index in [0.717, 1.165) is 36.7 Å². The third kappa shape index (κ3) is 14.5. The molecule has 0 radical (unpaired) electrons. The van der Waals surface area contributed by atoms with Gasteiger partial charge >= 0.3 is 0 Å². The molecule has 5 aromatic heterocycles. The molecule has 0 aliphatic heterocycles. The molecule has 4 aromatic carbocycles. The number of nitrogens with zero attached hydrogens (tertiary/aromatic N) is 2. The Hall–Kier alpha value is -5.02. The average Bonchev–Trinajstić information content (AvgIpc) is 4.32. The van der Waals surface area contributed by atoms with E-state index >= 15 is 0 Å². The van der Waals surface area contributed by atoms with Crippen LogP contribution in [0.25, 0.3) is 88.2 Å². The lowest BCUT2D eigenvalue weighted by molar-refractivity contribution is 0.667. The van der Waals surface area contributed by atoms with Gasteiger partial charge in [-0.15, -0.1) is 45.3 Å². The van der Waals surface area contributed by atoms with Gasteiger partial charge < -0.3 is 0 Å². The Morgan fingerprint density at radius 2 is 0.667 bits per heavy atom. The lowest BCUT2D eigenvalue weighted by Gasteiger charge is -2.04. The van der Waals surface area contributed by atoms with E-state index in [-0.39, 0.29) is 0 Å². The summed E-state index contributed by atoms with van der Waals surface area (Å²) in [6.45, 7) is 9.22. The van der Waals surface area contributed by atoms with Crippen LogP contribution in [0, 0.1) is 0 Å². The first-order chi connectivity index (χ1) is 37.0. The van der Waals surface area contributed by atoms with E-state index in [4.69, 9.17) is 8.75 Å². The minimum absolute atomic E-state index is 1.02. The van der Waals surface area contributed by atoms with E-state index in [2.05, 4.69) is 173 Å². The minimum atomic E-state index is 1.02. The van der Waals surface area contributed by atoms with Crippen LogP contribution in [0.3, 0.4) is 0 Å². The number of aryl methyl sites for hydroxylation is 4. The summed E-state index contributed by atoms with van der Waals surface area (Å²) in [6.07, 6.45) is 34.3. The number of fused-ring (bicyclic) bond motifs is 1. The van der Waals surface area contributed by atoms with Crippen molar-refractivity contribution in [1.82, 2.24) is 8.75 Å². The van der Waals surface area contributed by atoms with Crippen molar-refractivity contribution in [2.45, 2.75) is 156 Å². The lowest BCUT2D eigenvalue weighted by atomic mass is 10.0. The first kappa shape index (κ1) is 54.8. The minimum Gasteiger partial charge on any atom is -0.172 e. The molecule has 0 unspecified atom stereocenters. The molecule has 0 spiro atoms. The predicted octanol–water partition coefficient (Wildman–Crippen LogP) is 23.1. The van der Waals surface area contributed by atoms with Gasteiger partial charge in [0.2, 0.25) is 0 Å². The quantitative estimate of drug-likeness (QED) is 0.0437. The smallest absolute Gasteiger partial charge is 0.114 e. The average molecular weight is 1080 g/mol. The molecule has 0 saturated heterocycles. The molecule has 0 amide bonds. The third-order valence-corrected chi connectivity index (χ3v) is 19.9. The Bertz CT molecular complexity index is 3230. The molecule has 0 N–H and O–H groups in total. The molecule has 9 rings (SSSR count). The Morgan fingerprint density at radius 1 is 0.320 bits per heavy atom. The first-order valence-electron chi connectivity index (χ1n) is 28.4. The standard InChI is InChI=1S/C68H76N2S5/c1-5-9-13-19-32-53-45-63(50-30-25-18-26-31-50)71-59(53)40-42-61-55(34-21-15-11-7-3)47-65(73-61)57-38-39-58(68-67(57)69-75-70-68)66-48-56(35-22-16-12-8-4)62(74-66)43-41-60-54(33-20-14-10-6-2)46-64(72-60)52-37-27-36-51(44-52)49-28-23-17-24-29-49/h17-18,23-31,36-48H,5-16,19-22,32-35H2,1-4H3/b42-40+,43-41+. The van der Waals surface area contributed by atoms with Crippen molar-refractivity contribution in [3.8, 4) is 52.9 Å². The van der Waals surface area contributed by atoms with Gasteiger partial charge in [-0.2, -0.15) is 8.75 Å². The highest BCUT2D eigenvalue weighted by molar-refractivity contribution is 7.18. The second-order valence-corrected chi connectivity index (χ2v) is 25.2. The number of hydrogen-bond acceptors (Lipinski definition) is 7. The van der Waals surface area contributed by atoms with E-state index < -0.39 is 0 Å². The number of rotatable bonds is 29. The fourth-order valence-electron chi connectivity index (χ4n) is 10.3.